The molecule has 2 aromatic carbocycles. The van der Waals surface area contributed by atoms with Crippen LogP contribution in [0.3, 0.4) is 0 Å². The number of methoxy groups -OCH3 is 1. The van der Waals surface area contributed by atoms with E-state index in [1.807, 2.05) is 64.1 Å². The standard InChI is InChI=1S/C28H30N2O6S/c1-6-34-22-13-10-19(15-23(22)35-7-2)25-21(27(32)33-5)16-29-28-30(25)26(31)24(37-28)14-18-8-11-20(12-9-18)36-17(3)4/h8-17,25H,6-7H2,1-5H3/b24-14-/t25-/m1/s1. The Morgan fingerprint density at radius 2 is 1.78 bits per heavy atom. The molecule has 37 heavy (non-hydrogen) atoms. The zero-order valence-corrected chi connectivity index (χ0v) is 22.3. The summed E-state index contributed by atoms with van der Waals surface area (Å²) in [6, 6.07) is 12.2. The molecule has 0 radical (unpaired) electrons. The van der Waals surface area contributed by atoms with Gasteiger partial charge >= 0.3 is 5.97 Å². The van der Waals surface area contributed by atoms with Crippen LogP contribution >= 0.6 is 11.3 Å². The van der Waals surface area contributed by atoms with E-state index in [2.05, 4.69) is 4.99 Å². The van der Waals surface area contributed by atoms with E-state index in [0.717, 1.165) is 11.3 Å². The molecular formula is C28H30N2O6S. The van der Waals surface area contributed by atoms with Crippen LogP contribution in [-0.2, 0) is 9.53 Å². The monoisotopic (exact) mass is 522 g/mol. The zero-order valence-electron chi connectivity index (χ0n) is 21.5. The van der Waals surface area contributed by atoms with E-state index in [1.165, 1.54) is 29.2 Å². The van der Waals surface area contributed by atoms with E-state index in [0.29, 0.717) is 39.6 Å². The Balaban J connectivity index is 1.83. The lowest BCUT2D eigenvalue weighted by Crippen LogP contribution is -2.39. The van der Waals surface area contributed by atoms with E-state index >= 15 is 0 Å². The van der Waals surface area contributed by atoms with Crippen LogP contribution in [0, 0.1) is 0 Å². The van der Waals surface area contributed by atoms with Gasteiger partial charge in [0.1, 0.15) is 5.75 Å². The second-order valence-electron chi connectivity index (χ2n) is 8.48. The van der Waals surface area contributed by atoms with Gasteiger partial charge in [-0.2, -0.15) is 0 Å². The highest BCUT2D eigenvalue weighted by Gasteiger charge is 2.31. The van der Waals surface area contributed by atoms with Gasteiger partial charge in [-0.15, -0.1) is 0 Å². The van der Waals surface area contributed by atoms with Crippen molar-refractivity contribution in [1.29, 1.82) is 0 Å². The van der Waals surface area contributed by atoms with Crippen molar-refractivity contribution >= 4 is 23.4 Å². The van der Waals surface area contributed by atoms with Gasteiger partial charge in [0.25, 0.3) is 5.56 Å². The molecule has 4 rings (SSSR count). The first-order valence-electron chi connectivity index (χ1n) is 12.1. The van der Waals surface area contributed by atoms with Crippen molar-refractivity contribution in [2.45, 2.75) is 39.8 Å². The van der Waals surface area contributed by atoms with E-state index in [9.17, 15) is 9.59 Å². The van der Waals surface area contributed by atoms with E-state index in [4.69, 9.17) is 18.9 Å². The summed E-state index contributed by atoms with van der Waals surface area (Å²) in [4.78, 5) is 31.3. The van der Waals surface area contributed by atoms with Gasteiger partial charge in [0, 0.05) is 6.20 Å². The molecule has 0 aliphatic carbocycles. The lowest BCUT2D eigenvalue weighted by Gasteiger charge is -2.23. The molecule has 0 saturated carbocycles. The van der Waals surface area contributed by atoms with Crippen LogP contribution in [0.15, 0.2) is 64.0 Å². The molecule has 1 aromatic heterocycles. The first-order chi connectivity index (χ1) is 17.9. The van der Waals surface area contributed by atoms with Crippen molar-refractivity contribution in [3.8, 4) is 17.2 Å². The minimum Gasteiger partial charge on any atom is -0.491 e. The lowest BCUT2D eigenvalue weighted by atomic mass is 9.97. The summed E-state index contributed by atoms with van der Waals surface area (Å²) in [5, 5.41) is 0. The third kappa shape index (κ3) is 5.61. The second kappa shape index (κ2) is 11.5. The van der Waals surface area contributed by atoms with Crippen molar-refractivity contribution in [2.24, 2.45) is 4.99 Å². The van der Waals surface area contributed by atoms with Gasteiger partial charge in [-0.3, -0.25) is 9.36 Å². The van der Waals surface area contributed by atoms with Crippen LogP contribution in [0.2, 0.25) is 0 Å². The average Bonchev–Trinajstić information content (AvgIpc) is 3.20. The Kier molecular flexibility index (Phi) is 8.13. The number of aromatic nitrogens is 1. The van der Waals surface area contributed by atoms with Gasteiger partial charge in [-0.25, -0.2) is 9.79 Å². The smallest absolute Gasteiger partial charge is 0.337 e. The van der Waals surface area contributed by atoms with Crippen molar-refractivity contribution in [2.75, 3.05) is 20.3 Å². The molecular weight excluding hydrogens is 492 g/mol. The van der Waals surface area contributed by atoms with Gasteiger partial charge in [0.05, 0.1) is 42.6 Å². The van der Waals surface area contributed by atoms with Gasteiger partial charge in [0.2, 0.25) is 0 Å². The summed E-state index contributed by atoms with van der Waals surface area (Å²) in [7, 11) is 1.31. The molecule has 194 valence electrons. The van der Waals surface area contributed by atoms with Gasteiger partial charge in [-0.05, 0) is 69.2 Å². The zero-order chi connectivity index (χ0) is 26.5. The first kappa shape index (κ1) is 26.2. The molecule has 1 atom stereocenters. The molecule has 0 unspecified atom stereocenters. The predicted octanol–water partition coefficient (Wildman–Crippen LogP) is 3.60. The molecule has 0 bridgehead atoms. The lowest BCUT2D eigenvalue weighted by molar-refractivity contribution is -0.136. The molecule has 8 nitrogen and oxygen atoms in total. The highest BCUT2D eigenvalue weighted by Crippen LogP contribution is 2.35. The molecule has 0 N–H and O–H groups in total. The quantitative estimate of drug-likeness (QED) is 0.399. The van der Waals surface area contributed by atoms with Crippen LogP contribution in [0.1, 0.15) is 44.9 Å². The number of hydrogen-bond acceptors (Lipinski definition) is 8. The van der Waals surface area contributed by atoms with Crippen LogP contribution in [-0.4, -0.2) is 37.0 Å². The second-order valence-corrected chi connectivity index (χ2v) is 9.49. The minimum absolute atomic E-state index is 0.0735. The summed E-state index contributed by atoms with van der Waals surface area (Å²) in [6.45, 7) is 8.63. The molecule has 9 heteroatoms. The van der Waals surface area contributed by atoms with Crippen molar-refractivity contribution in [3.63, 3.8) is 0 Å². The molecule has 0 saturated heterocycles. The summed E-state index contributed by atoms with van der Waals surface area (Å²) < 4.78 is 24.2. The molecule has 0 amide bonds. The predicted molar refractivity (Wildman–Crippen MR) is 142 cm³/mol. The van der Waals surface area contributed by atoms with Gasteiger partial charge in [-0.1, -0.05) is 29.5 Å². The molecule has 0 fully saturated rings. The van der Waals surface area contributed by atoms with E-state index in [1.54, 1.807) is 12.1 Å². The fourth-order valence-electron chi connectivity index (χ4n) is 4.05. The minimum atomic E-state index is -0.734. The van der Waals surface area contributed by atoms with E-state index in [-0.39, 0.29) is 17.2 Å². The molecule has 1 aliphatic heterocycles. The normalized spacial score (nSPS) is 15.0. The Bertz CT molecular complexity index is 1480. The number of benzene rings is 2. The molecule has 3 aromatic rings. The number of nitrogens with zero attached hydrogens (tertiary/aromatic N) is 2. The third-order valence-corrected chi connectivity index (χ3v) is 6.55. The fourth-order valence-corrected chi connectivity index (χ4v) is 5.02. The topological polar surface area (TPSA) is 88.4 Å². The molecule has 0 spiro atoms. The Morgan fingerprint density at radius 1 is 1.08 bits per heavy atom. The average molecular weight is 523 g/mol. The largest absolute Gasteiger partial charge is 0.491 e. The van der Waals surface area contributed by atoms with E-state index < -0.39 is 12.0 Å². The fraction of sp³-hybridized carbons (Fsp3) is 0.321. The van der Waals surface area contributed by atoms with Crippen LogP contribution in [0.4, 0.5) is 0 Å². The van der Waals surface area contributed by atoms with Crippen LogP contribution in [0.25, 0.3) is 6.08 Å². The number of hydrogen-bond donors (Lipinski definition) is 0. The van der Waals surface area contributed by atoms with Gasteiger partial charge in [0.15, 0.2) is 16.3 Å². The number of ether oxygens (including phenoxy) is 4. The summed E-state index contributed by atoms with van der Waals surface area (Å²) in [6.07, 6.45) is 3.36. The Morgan fingerprint density at radius 3 is 2.43 bits per heavy atom. The molecule has 1 aliphatic rings. The number of thiazole rings is 1. The van der Waals surface area contributed by atoms with Crippen molar-refractivity contribution < 1.29 is 23.7 Å². The maximum absolute atomic E-state index is 13.7. The molecule has 2 heterocycles. The van der Waals surface area contributed by atoms with Gasteiger partial charge < -0.3 is 18.9 Å². The number of rotatable bonds is 9. The first-order valence-corrected chi connectivity index (χ1v) is 12.9. The van der Waals surface area contributed by atoms with Crippen LogP contribution in [0.5, 0.6) is 17.2 Å². The number of carbonyl (C=O) groups excluding carboxylic acids is 1. The number of fused-ring (bicyclic) bond motifs is 1. The maximum Gasteiger partial charge on any atom is 0.337 e. The SMILES string of the molecule is CCOc1ccc([C@@H]2C(C(=O)OC)=CN=c3s/c(=C\c4ccc(OC(C)C)cc4)c(=O)n32)cc1OCC. The van der Waals surface area contributed by atoms with Crippen molar-refractivity contribution in [1.82, 2.24) is 4.57 Å². The summed E-state index contributed by atoms with van der Waals surface area (Å²) >= 11 is 1.26. The Labute approximate surface area is 219 Å². The number of esters is 1. The van der Waals surface area contributed by atoms with Crippen molar-refractivity contribution in [3.05, 3.63) is 85.1 Å². The maximum atomic E-state index is 13.7. The third-order valence-electron chi connectivity index (χ3n) is 5.56. The summed E-state index contributed by atoms with van der Waals surface area (Å²) in [5.74, 6) is 1.33. The van der Waals surface area contributed by atoms with Crippen LogP contribution < -0.4 is 29.1 Å². The summed E-state index contributed by atoms with van der Waals surface area (Å²) in [5.41, 5.74) is 1.53. The highest BCUT2D eigenvalue weighted by molar-refractivity contribution is 7.07. The highest BCUT2D eigenvalue weighted by atomic mass is 32.1. The Hall–Kier alpha value is -3.85. The number of carbonyl (C=O) groups is 1.